The van der Waals surface area contributed by atoms with Crippen LogP contribution < -0.4 is 10.2 Å². The number of thiazole rings is 1. The molecule has 0 saturated carbocycles. The molecular weight excluding hydrogens is 378 g/mol. The Kier molecular flexibility index (Phi) is 5.67. The maximum atomic E-state index is 12.6. The summed E-state index contributed by atoms with van der Waals surface area (Å²) in [6.07, 6.45) is 3.57. The number of aryl methyl sites for hydroxylation is 1. The second kappa shape index (κ2) is 7.96. The number of nitrogens with one attached hydrogen (secondary N) is 1. The summed E-state index contributed by atoms with van der Waals surface area (Å²) in [6.45, 7) is 5.40. The van der Waals surface area contributed by atoms with Gasteiger partial charge in [-0.3, -0.25) is 10.1 Å². The quantitative estimate of drug-likeness (QED) is 0.777. The third-order valence-electron chi connectivity index (χ3n) is 3.81. The van der Waals surface area contributed by atoms with Gasteiger partial charge in [-0.15, -0.1) is 0 Å². The number of anilines is 2. The van der Waals surface area contributed by atoms with E-state index in [1.165, 1.54) is 6.20 Å². The Morgan fingerprint density at radius 3 is 2.77 bits per heavy atom. The van der Waals surface area contributed by atoms with Crippen molar-refractivity contribution in [2.45, 2.75) is 26.7 Å². The molecule has 1 amide bonds. The fourth-order valence-electron chi connectivity index (χ4n) is 2.58. The number of hydrogen-bond acceptors (Lipinski definition) is 8. The minimum absolute atomic E-state index is 0.0779. The first kappa shape index (κ1) is 18.5. The number of nitrogens with zero attached hydrogens (tertiary/aromatic N) is 4. The molecule has 1 N–H and O–H groups in total. The first-order valence-electron chi connectivity index (χ1n) is 8.23. The molecule has 3 heterocycles. The van der Waals surface area contributed by atoms with Crippen LogP contribution in [-0.2, 0) is 4.74 Å². The highest BCUT2D eigenvalue weighted by Gasteiger charge is 2.22. The molecule has 0 bridgehead atoms. The smallest absolute Gasteiger partial charge is 0.350 e. The second-order valence-electron chi connectivity index (χ2n) is 5.67. The van der Waals surface area contributed by atoms with Crippen LogP contribution in [0.25, 0.3) is 0 Å². The van der Waals surface area contributed by atoms with Gasteiger partial charge in [0, 0.05) is 13.1 Å². The summed E-state index contributed by atoms with van der Waals surface area (Å²) in [4.78, 5) is 39.5. The topological polar surface area (TPSA) is 97.3 Å². The van der Waals surface area contributed by atoms with Crippen LogP contribution in [0.3, 0.4) is 0 Å². The van der Waals surface area contributed by atoms with E-state index in [0.717, 1.165) is 37.3 Å². The minimum atomic E-state index is -0.498. The number of halogens is 1. The van der Waals surface area contributed by atoms with Crippen molar-refractivity contribution in [2.75, 3.05) is 29.9 Å². The highest BCUT2D eigenvalue weighted by atomic mass is 35.5. The number of carbonyl (C=O) groups excluding carboxylic acids is 2. The Morgan fingerprint density at radius 2 is 2.08 bits per heavy atom. The monoisotopic (exact) mass is 395 g/mol. The highest BCUT2D eigenvalue weighted by molar-refractivity contribution is 7.17. The molecule has 2 aromatic rings. The van der Waals surface area contributed by atoms with E-state index in [2.05, 4.69) is 20.3 Å². The molecule has 0 aromatic carbocycles. The molecule has 0 atom stereocenters. The molecule has 1 aliphatic heterocycles. The summed E-state index contributed by atoms with van der Waals surface area (Å²) in [7, 11) is 0. The molecule has 1 fully saturated rings. The Hall–Kier alpha value is -2.26. The summed E-state index contributed by atoms with van der Waals surface area (Å²) in [5.41, 5.74) is 0.574. The van der Waals surface area contributed by atoms with Gasteiger partial charge in [-0.2, -0.15) is 0 Å². The van der Waals surface area contributed by atoms with E-state index in [4.69, 9.17) is 16.3 Å². The van der Waals surface area contributed by atoms with Gasteiger partial charge in [0.15, 0.2) is 10.8 Å². The molecule has 2 aromatic heterocycles. The van der Waals surface area contributed by atoms with E-state index in [-0.39, 0.29) is 22.5 Å². The van der Waals surface area contributed by atoms with Crippen molar-refractivity contribution in [2.24, 2.45) is 0 Å². The van der Waals surface area contributed by atoms with Crippen molar-refractivity contribution in [3.8, 4) is 0 Å². The average molecular weight is 396 g/mol. The number of rotatable bonds is 5. The third kappa shape index (κ3) is 3.94. The summed E-state index contributed by atoms with van der Waals surface area (Å²) in [6, 6.07) is 0. The van der Waals surface area contributed by atoms with Gasteiger partial charge >= 0.3 is 5.97 Å². The maximum Gasteiger partial charge on any atom is 0.350 e. The molecule has 1 aliphatic rings. The summed E-state index contributed by atoms with van der Waals surface area (Å²) in [5.74, 6) is -0.471. The Morgan fingerprint density at radius 1 is 1.35 bits per heavy atom. The lowest BCUT2D eigenvalue weighted by atomic mass is 10.4. The lowest BCUT2D eigenvalue weighted by Gasteiger charge is -2.15. The Labute approximate surface area is 159 Å². The predicted octanol–water partition coefficient (Wildman–Crippen LogP) is 2.92. The van der Waals surface area contributed by atoms with Crippen LogP contribution in [0.1, 0.15) is 45.6 Å². The molecule has 10 heteroatoms. The fourth-order valence-corrected chi connectivity index (χ4v) is 3.61. The van der Waals surface area contributed by atoms with E-state index in [1.807, 2.05) is 4.90 Å². The minimum Gasteiger partial charge on any atom is -0.462 e. The first-order valence-corrected chi connectivity index (χ1v) is 9.42. The van der Waals surface area contributed by atoms with Crippen molar-refractivity contribution in [1.29, 1.82) is 0 Å². The molecular formula is C16H18ClN5O3S. The number of hydrogen-bond donors (Lipinski definition) is 1. The SMILES string of the molecule is CCOC(=O)c1sc(NC(=O)c2nc(N3CCCC3)ncc2Cl)nc1C. The van der Waals surface area contributed by atoms with E-state index in [1.54, 1.807) is 13.8 Å². The van der Waals surface area contributed by atoms with Crippen LogP contribution in [0.2, 0.25) is 5.02 Å². The number of esters is 1. The van der Waals surface area contributed by atoms with Crippen LogP contribution >= 0.6 is 22.9 Å². The zero-order valence-electron chi connectivity index (χ0n) is 14.4. The van der Waals surface area contributed by atoms with Gasteiger partial charge in [0.25, 0.3) is 5.91 Å². The van der Waals surface area contributed by atoms with Gasteiger partial charge in [-0.25, -0.2) is 19.7 Å². The zero-order valence-corrected chi connectivity index (χ0v) is 16.0. The van der Waals surface area contributed by atoms with E-state index in [0.29, 0.717) is 16.5 Å². The first-order chi connectivity index (χ1) is 12.5. The molecule has 0 radical (unpaired) electrons. The van der Waals surface area contributed by atoms with Crippen molar-refractivity contribution >= 4 is 45.9 Å². The van der Waals surface area contributed by atoms with E-state index < -0.39 is 11.9 Å². The van der Waals surface area contributed by atoms with Gasteiger partial charge in [0.1, 0.15) is 4.88 Å². The predicted molar refractivity (Wildman–Crippen MR) is 99.2 cm³/mol. The van der Waals surface area contributed by atoms with Crippen molar-refractivity contribution in [3.63, 3.8) is 0 Å². The van der Waals surface area contributed by atoms with Gasteiger partial charge in [0.05, 0.1) is 23.5 Å². The third-order valence-corrected chi connectivity index (χ3v) is 5.14. The molecule has 3 rings (SSSR count). The lowest BCUT2D eigenvalue weighted by Crippen LogP contribution is -2.23. The lowest BCUT2D eigenvalue weighted by molar-refractivity contribution is 0.0531. The molecule has 0 unspecified atom stereocenters. The normalized spacial score (nSPS) is 13.7. The average Bonchev–Trinajstić information content (AvgIpc) is 3.25. The van der Waals surface area contributed by atoms with Gasteiger partial charge in [-0.05, 0) is 26.7 Å². The van der Waals surface area contributed by atoms with Crippen molar-refractivity contribution < 1.29 is 14.3 Å². The summed E-state index contributed by atoms with van der Waals surface area (Å²) >= 11 is 7.15. The Balaban J connectivity index is 1.79. The maximum absolute atomic E-state index is 12.6. The molecule has 1 saturated heterocycles. The molecule has 0 spiro atoms. The summed E-state index contributed by atoms with van der Waals surface area (Å²) < 4.78 is 4.98. The van der Waals surface area contributed by atoms with Crippen LogP contribution in [0.15, 0.2) is 6.20 Å². The number of amides is 1. The number of carbonyl (C=O) groups is 2. The van der Waals surface area contributed by atoms with Gasteiger partial charge in [-0.1, -0.05) is 22.9 Å². The van der Waals surface area contributed by atoms with Crippen molar-refractivity contribution in [1.82, 2.24) is 15.0 Å². The number of aromatic nitrogens is 3. The zero-order chi connectivity index (χ0) is 18.7. The standard InChI is InChI=1S/C16H18ClN5O3S/c1-3-25-14(24)12-9(2)19-16(26-12)21-13(23)11-10(17)8-18-15(20-11)22-6-4-5-7-22/h8H,3-7H2,1-2H3,(H,19,21,23). The van der Waals surface area contributed by atoms with E-state index >= 15 is 0 Å². The van der Waals surface area contributed by atoms with Crippen LogP contribution in [0.4, 0.5) is 11.1 Å². The van der Waals surface area contributed by atoms with E-state index in [9.17, 15) is 9.59 Å². The van der Waals surface area contributed by atoms with Crippen molar-refractivity contribution in [3.05, 3.63) is 27.5 Å². The molecule has 0 aliphatic carbocycles. The summed E-state index contributed by atoms with van der Waals surface area (Å²) in [5, 5.41) is 3.08. The Bertz CT molecular complexity index is 835. The fraction of sp³-hybridized carbons (Fsp3) is 0.438. The van der Waals surface area contributed by atoms with Gasteiger partial charge < -0.3 is 9.64 Å². The largest absolute Gasteiger partial charge is 0.462 e. The highest BCUT2D eigenvalue weighted by Crippen LogP contribution is 2.25. The second-order valence-corrected chi connectivity index (χ2v) is 7.08. The molecule has 8 nitrogen and oxygen atoms in total. The van der Waals surface area contributed by atoms with Crippen LogP contribution in [0, 0.1) is 6.92 Å². The van der Waals surface area contributed by atoms with Crippen LogP contribution in [-0.4, -0.2) is 46.5 Å². The molecule has 26 heavy (non-hydrogen) atoms. The van der Waals surface area contributed by atoms with Gasteiger partial charge in [0.2, 0.25) is 5.95 Å². The number of ether oxygens (including phenoxy) is 1. The van der Waals surface area contributed by atoms with Crippen LogP contribution in [0.5, 0.6) is 0 Å². The molecule has 138 valence electrons.